The van der Waals surface area contributed by atoms with E-state index in [1.807, 2.05) is 0 Å². The van der Waals surface area contributed by atoms with Gasteiger partial charge in [-0.3, -0.25) is 19.7 Å². The molecule has 0 saturated heterocycles. The van der Waals surface area contributed by atoms with E-state index >= 15 is 0 Å². The molecule has 0 unspecified atom stereocenters. The standard InChI is InChI=1S/C15H14ClN3O4/c1-9-5-12(20)6-10(2)18(9)8-15(21)17-13-4-3-11(16)7-14(13)19(22)23/h3-7H,8H2,1-2H3,(H,17,21). The van der Waals surface area contributed by atoms with Gasteiger partial charge in [-0.2, -0.15) is 0 Å². The molecule has 0 radical (unpaired) electrons. The van der Waals surface area contributed by atoms with Gasteiger partial charge in [0, 0.05) is 34.6 Å². The quantitative estimate of drug-likeness (QED) is 0.686. The maximum atomic E-state index is 12.2. The van der Waals surface area contributed by atoms with E-state index < -0.39 is 10.8 Å². The summed E-state index contributed by atoms with van der Waals surface area (Å²) in [6.45, 7) is 3.37. The van der Waals surface area contributed by atoms with Crippen LogP contribution in [0.2, 0.25) is 5.02 Å². The summed E-state index contributed by atoms with van der Waals surface area (Å²) in [5, 5.41) is 13.7. The number of aryl methyl sites for hydroxylation is 2. The summed E-state index contributed by atoms with van der Waals surface area (Å²) in [4.78, 5) is 34.0. The normalized spacial score (nSPS) is 10.4. The number of halogens is 1. The number of aromatic nitrogens is 1. The molecule has 0 aliphatic carbocycles. The highest BCUT2D eigenvalue weighted by molar-refractivity contribution is 6.31. The summed E-state index contributed by atoms with van der Waals surface area (Å²) >= 11 is 5.73. The van der Waals surface area contributed by atoms with E-state index in [1.54, 1.807) is 18.4 Å². The monoisotopic (exact) mass is 335 g/mol. The first-order valence-corrected chi connectivity index (χ1v) is 7.07. The largest absolute Gasteiger partial charge is 0.340 e. The maximum absolute atomic E-state index is 12.2. The summed E-state index contributed by atoms with van der Waals surface area (Å²) in [5.41, 5.74) is 0.927. The van der Waals surface area contributed by atoms with Crippen LogP contribution in [0, 0.1) is 24.0 Å². The smallest absolute Gasteiger partial charge is 0.294 e. The van der Waals surface area contributed by atoms with Crippen LogP contribution in [-0.2, 0) is 11.3 Å². The van der Waals surface area contributed by atoms with E-state index in [1.165, 1.54) is 30.3 Å². The zero-order valence-corrected chi connectivity index (χ0v) is 13.3. The summed E-state index contributed by atoms with van der Waals surface area (Å²) in [6, 6.07) is 6.85. The topological polar surface area (TPSA) is 94.2 Å². The molecule has 2 rings (SSSR count). The zero-order chi connectivity index (χ0) is 17.1. The van der Waals surface area contributed by atoms with Crippen LogP contribution in [0.25, 0.3) is 0 Å². The molecule has 7 nitrogen and oxygen atoms in total. The fraction of sp³-hybridized carbons (Fsp3) is 0.200. The average molecular weight is 336 g/mol. The Bertz CT molecular complexity index is 819. The first-order valence-electron chi connectivity index (χ1n) is 6.70. The lowest BCUT2D eigenvalue weighted by Crippen LogP contribution is -2.23. The third kappa shape index (κ3) is 3.95. The molecule has 0 aliphatic heterocycles. The minimum Gasteiger partial charge on any atom is -0.340 e. The Morgan fingerprint density at radius 2 is 1.87 bits per heavy atom. The summed E-state index contributed by atoms with van der Waals surface area (Å²) in [6.07, 6.45) is 0. The Balaban J connectivity index is 2.24. The van der Waals surface area contributed by atoms with Crippen molar-refractivity contribution in [2.24, 2.45) is 0 Å². The fourth-order valence-electron chi connectivity index (χ4n) is 2.23. The van der Waals surface area contributed by atoms with Crippen LogP contribution in [0.4, 0.5) is 11.4 Å². The number of hydrogen-bond donors (Lipinski definition) is 1. The van der Waals surface area contributed by atoms with Crippen molar-refractivity contribution in [2.45, 2.75) is 20.4 Å². The molecule has 23 heavy (non-hydrogen) atoms. The van der Waals surface area contributed by atoms with Crippen molar-refractivity contribution in [3.05, 3.63) is 67.1 Å². The van der Waals surface area contributed by atoms with Gasteiger partial charge in [-0.25, -0.2) is 0 Å². The van der Waals surface area contributed by atoms with E-state index in [-0.39, 0.29) is 28.4 Å². The first-order chi connectivity index (χ1) is 10.8. The van der Waals surface area contributed by atoms with Crippen LogP contribution in [-0.4, -0.2) is 15.4 Å². The second kappa shape index (κ2) is 6.62. The van der Waals surface area contributed by atoms with Gasteiger partial charge < -0.3 is 9.88 Å². The Hall–Kier alpha value is -2.67. The van der Waals surface area contributed by atoms with E-state index in [4.69, 9.17) is 11.6 Å². The Morgan fingerprint density at radius 3 is 2.43 bits per heavy atom. The van der Waals surface area contributed by atoms with Gasteiger partial charge in [0.1, 0.15) is 12.2 Å². The highest BCUT2D eigenvalue weighted by atomic mass is 35.5. The van der Waals surface area contributed by atoms with Crippen molar-refractivity contribution >= 4 is 28.9 Å². The minimum absolute atomic E-state index is 0.0578. The number of benzene rings is 1. The molecule has 0 saturated carbocycles. The molecule has 8 heteroatoms. The van der Waals surface area contributed by atoms with Gasteiger partial charge in [0.2, 0.25) is 5.91 Å². The number of nitro benzene ring substituents is 1. The van der Waals surface area contributed by atoms with Crippen molar-refractivity contribution in [1.29, 1.82) is 0 Å². The Labute approximate surface area is 136 Å². The van der Waals surface area contributed by atoms with Gasteiger partial charge in [0.25, 0.3) is 5.69 Å². The lowest BCUT2D eigenvalue weighted by molar-refractivity contribution is -0.383. The highest BCUT2D eigenvalue weighted by Crippen LogP contribution is 2.27. The first kappa shape index (κ1) is 16.7. The van der Waals surface area contributed by atoms with Gasteiger partial charge in [-0.1, -0.05) is 11.6 Å². The van der Waals surface area contributed by atoms with Crippen LogP contribution in [0.1, 0.15) is 11.4 Å². The molecular formula is C15H14ClN3O4. The zero-order valence-electron chi connectivity index (χ0n) is 12.5. The van der Waals surface area contributed by atoms with Gasteiger partial charge in [-0.05, 0) is 26.0 Å². The minimum atomic E-state index is -0.614. The van der Waals surface area contributed by atoms with Crippen molar-refractivity contribution in [2.75, 3.05) is 5.32 Å². The number of nitro groups is 1. The van der Waals surface area contributed by atoms with E-state index in [2.05, 4.69) is 5.32 Å². The molecule has 1 N–H and O–H groups in total. The number of hydrogen-bond acceptors (Lipinski definition) is 4. The molecule has 120 valence electrons. The van der Waals surface area contributed by atoms with Gasteiger partial charge >= 0.3 is 0 Å². The number of nitrogens with one attached hydrogen (secondary N) is 1. The number of rotatable bonds is 4. The third-order valence-electron chi connectivity index (χ3n) is 3.29. The highest BCUT2D eigenvalue weighted by Gasteiger charge is 2.17. The van der Waals surface area contributed by atoms with E-state index in [9.17, 15) is 19.7 Å². The van der Waals surface area contributed by atoms with Crippen LogP contribution >= 0.6 is 11.6 Å². The van der Waals surface area contributed by atoms with Crippen LogP contribution in [0.5, 0.6) is 0 Å². The van der Waals surface area contributed by atoms with Gasteiger partial charge in [-0.15, -0.1) is 0 Å². The summed E-state index contributed by atoms with van der Waals surface area (Å²) in [5.74, 6) is -0.440. The van der Waals surface area contributed by atoms with Crippen molar-refractivity contribution in [1.82, 2.24) is 4.57 Å². The lowest BCUT2D eigenvalue weighted by Gasteiger charge is -2.14. The SMILES string of the molecule is Cc1cc(=O)cc(C)n1CC(=O)Nc1ccc(Cl)cc1[N+](=O)[O-]. The predicted octanol–water partition coefficient (Wildman–Crippen LogP) is 2.67. The van der Waals surface area contributed by atoms with Crippen molar-refractivity contribution in [3.8, 4) is 0 Å². The second-order valence-electron chi connectivity index (χ2n) is 5.03. The molecule has 1 amide bonds. The van der Waals surface area contributed by atoms with Crippen LogP contribution in [0.15, 0.2) is 35.1 Å². The van der Waals surface area contributed by atoms with E-state index in [0.717, 1.165) is 0 Å². The van der Waals surface area contributed by atoms with E-state index in [0.29, 0.717) is 11.4 Å². The lowest BCUT2D eigenvalue weighted by atomic mass is 10.2. The maximum Gasteiger partial charge on any atom is 0.294 e. The van der Waals surface area contributed by atoms with Crippen molar-refractivity contribution in [3.63, 3.8) is 0 Å². The predicted molar refractivity (Wildman–Crippen MR) is 86.9 cm³/mol. The Kier molecular flexibility index (Phi) is 4.80. The number of amides is 1. The van der Waals surface area contributed by atoms with Gasteiger partial charge in [0.05, 0.1) is 4.92 Å². The number of nitrogens with zero attached hydrogens (tertiary/aromatic N) is 2. The molecule has 1 heterocycles. The molecule has 1 aromatic heterocycles. The molecule has 1 aromatic carbocycles. The molecule has 0 atom stereocenters. The van der Waals surface area contributed by atoms with Crippen LogP contribution in [0.3, 0.4) is 0 Å². The number of pyridine rings is 1. The second-order valence-corrected chi connectivity index (χ2v) is 5.46. The molecular weight excluding hydrogens is 322 g/mol. The summed E-state index contributed by atoms with van der Waals surface area (Å²) < 4.78 is 1.65. The molecule has 0 aliphatic rings. The third-order valence-corrected chi connectivity index (χ3v) is 3.52. The molecule has 0 bridgehead atoms. The fourth-order valence-corrected chi connectivity index (χ4v) is 2.40. The van der Waals surface area contributed by atoms with Crippen molar-refractivity contribution < 1.29 is 9.72 Å². The Morgan fingerprint density at radius 1 is 1.26 bits per heavy atom. The summed E-state index contributed by atoms with van der Waals surface area (Å²) in [7, 11) is 0. The average Bonchev–Trinajstić information content (AvgIpc) is 2.44. The molecule has 0 spiro atoms. The molecule has 0 fully saturated rings. The van der Waals surface area contributed by atoms with Crippen LogP contribution < -0.4 is 10.7 Å². The molecule has 2 aromatic rings. The van der Waals surface area contributed by atoms with Gasteiger partial charge in [0.15, 0.2) is 5.43 Å². The number of carbonyl (C=O) groups is 1. The number of anilines is 1. The number of carbonyl (C=O) groups excluding carboxylic acids is 1.